The van der Waals surface area contributed by atoms with Gasteiger partial charge in [-0.2, -0.15) is 0 Å². The topological polar surface area (TPSA) is 18.5 Å². The van der Waals surface area contributed by atoms with Crippen molar-refractivity contribution in [2.45, 2.75) is 39.3 Å². The largest absolute Gasteiger partial charge is 0.437 e. The molecule has 0 fully saturated rings. The normalized spacial score (nSPS) is 16.2. The highest BCUT2D eigenvalue weighted by atomic mass is 35.6. The molecule has 0 rings (SSSR count). The van der Waals surface area contributed by atoms with Crippen molar-refractivity contribution in [3.05, 3.63) is 0 Å². The maximum absolute atomic E-state index is 5.94. The van der Waals surface area contributed by atoms with Crippen LogP contribution in [0.1, 0.15) is 0 Å². The maximum Gasteiger partial charge on any atom is 0.311 e. The summed E-state index contributed by atoms with van der Waals surface area (Å²) in [6.45, 7) is 12.6. The zero-order valence-electron chi connectivity index (χ0n) is 8.77. The third-order valence-corrected chi connectivity index (χ3v) is 9.79. The molecule has 0 amide bonds. The Morgan fingerprint density at radius 2 is 1.50 bits per heavy atom. The average Bonchev–Trinajstić information content (AvgIpc) is 1.48. The van der Waals surface area contributed by atoms with Crippen LogP contribution in [0, 0.1) is 0 Å². The monoisotopic (exact) mass is 242 g/mol. The fraction of sp³-hybridized carbons (Fsp3) is 1.00. The Kier molecular flexibility index (Phi) is 4.70. The number of rotatable bonds is 4. The van der Waals surface area contributed by atoms with Crippen LogP contribution in [0.15, 0.2) is 0 Å². The van der Waals surface area contributed by atoms with Crippen molar-refractivity contribution in [2.75, 3.05) is 0 Å². The third kappa shape index (κ3) is 7.51. The van der Waals surface area contributed by atoms with E-state index in [1.165, 1.54) is 0 Å². The first-order chi connectivity index (χ1) is 5.12. The highest BCUT2D eigenvalue weighted by molar-refractivity contribution is 7.05. The van der Waals surface area contributed by atoms with Gasteiger partial charge in [0, 0.05) is 0 Å². The van der Waals surface area contributed by atoms with Gasteiger partial charge in [-0.05, 0) is 39.3 Å². The van der Waals surface area contributed by atoms with E-state index in [1.54, 1.807) is 0 Å². The lowest BCUT2D eigenvalue weighted by molar-refractivity contribution is 0.409. The molecule has 1 unspecified atom stereocenters. The van der Waals surface area contributed by atoms with Gasteiger partial charge in [0.15, 0.2) is 8.32 Å². The van der Waals surface area contributed by atoms with Crippen molar-refractivity contribution in [1.29, 1.82) is 0 Å². The molecule has 0 aromatic heterocycles. The van der Waals surface area contributed by atoms with Crippen molar-refractivity contribution in [3.63, 3.8) is 0 Å². The van der Waals surface area contributed by atoms with Gasteiger partial charge in [0.25, 0.3) is 8.35 Å². The second-order valence-electron chi connectivity index (χ2n) is 4.28. The van der Waals surface area contributed by atoms with Crippen molar-refractivity contribution in [3.8, 4) is 0 Å². The summed E-state index contributed by atoms with van der Waals surface area (Å²) in [4.78, 5) is 0. The van der Waals surface area contributed by atoms with E-state index in [-0.39, 0.29) is 0 Å². The predicted molar refractivity (Wildman–Crippen MR) is 61.9 cm³/mol. The van der Waals surface area contributed by atoms with E-state index >= 15 is 0 Å². The summed E-state index contributed by atoms with van der Waals surface area (Å²) in [5, 5.41) is 0. The van der Waals surface area contributed by atoms with Crippen LogP contribution in [0.4, 0.5) is 0 Å². The van der Waals surface area contributed by atoms with Crippen LogP contribution < -0.4 is 0 Å². The van der Waals surface area contributed by atoms with Crippen LogP contribution in [-0.2, 0) is 8.23 Å². The van der Waals surface area contributed by atoms with Crippen molar-refractivity contribution in [1.82, 2.24) is 0 Å². The molecule has 0 spiro atoms. The van der Waals surface area contributed by atoms with E-state index in [9.17, 15) is 0 Å². The molecule has 2 nitrogen and oxygen atoms in total. The zero-order chi connectivity index (χ0) is 9.99. The van der Waals surface area contributed by atoms with Crippen LogP contribution in [0.25, 0.3) is 0 Å². The Morgan fingerprint density at radius 3 is 1.75 bits per heavy atom. The lowest BCUT2D eigenvalue weighted by Crippen LogP contribution is -2.46. The van der Waals surface area contributed by atoms with E-state index in [0.29, 0.717) is 0 Å². The molecule has 1 atom stereocenters. The summed E-state index contributed by atoms with van der Waals surface area (Å²) in [5.41, 5.74) is 0. The summed E-state index contributed by atoms with van der Waals surface area (Å²) in [6, 6.07) is 0. The molecule has 12 heavy (non-hydrogen) atoms. The molecule has 74 valence electrons. The highest BCUT2D eigenvalue weighted by Gasteiger charge is 2.32. The molecular formula is C6H19ClO2Si3. The van der Waals surface area contributed by atoms with Gasteiger partial charge in [-0.3, -0.25) is 0 Å². The molecule has 0 aliphatic rings. The highest BCUT2D eigenvalue weighted by Crippen LogP contribution is 2.16. The maximum atomic E-state index is 5.94. The predicted octanol–water partition coefficient (Wildman–Crippen LogP) is 2.65. The van der Waals surface area contributed by atoms with Crippen molar-refractivity contribution < 1.29 is 8.23 Å². The third-order valence-electron chi connectivity index (χ3n) is 0.998. The Bertz CT molecular complexity index is 144. The lowest BCUT2D eigenvalue weighted by atomic mass is 11.8. The Labute approximate surface area is 84.0 Å². The van der Waals surface area contributed by atoms with Crippen LogP contribution in [-0.4, -0.2) is 25.2 Å². The molecule has 0 aromatic carbocycles. The quantitative estimate of drug-likeness (QED) is 0.558. The van der Waals surface area contributed by atoms with Gasteiger partial charge in [-0.1, -0.05) is 0 Å². The summed E-state index contributed by atoms with van der Waals surface area (Å²) in [5.74, 6) is 0. The molecule has 0 heterocycles. The average molecular weight is 243 g/mol. The number of halogens is 1. The second kappa shape index (κ2) is 4.39. The summed E-state index contributed by atoms with van der Waals surface area (Å²) < 4.78 is 11.6. The molecule has 0 saturated carbocycles. The van der Waals surface area contributed by atoms with E-state index in [0.717, 1.165) is 0 Å². The standard InChI is InChI=1S/C6H19ClO2Si3/c1-10(7)8-12(5,6)9-11(2,3)4/h10H,1-6H3. The molecule has 0 radical (unpaired) electrons. The first-order valence-corrected chi connectivity index (χ1v) is 13.7. The molecule has 0 aliphatic carbocycles. The van der Waals surface area contributed by atoms with Crippen LogP contribution >= 0.6 is 11.1 Å². The molecule has 0 aliphatic heterocycles. The fourth-order valence-corrected chi connectivity index (χ4v) is 12.7. The van der Waals surface area contributed by atoms with Gasteiger partial charge in [0.2, 0.25) is 0 Å². The first-order valence-electron chi connectivity index (χ1n) is 4.14. The first kappa shape index (κ1) is 12.9. The van der Waals surface area contributed by atoms with E-state index in [1.807, 2.05) is 6.55 Å². The van der Waals surface area contributed by atoms with Gasteiger partial charge in [-0.15, -0.1) is 11.1 Å². The van der Waals surface area contributed by atoms with Gasteiger partial charge < -0.3 is 8.23 Å². The molecule has 0 saturated heterocycles. The molecule has 0 bridgehead atoms. The lowest BCUT2D eigenvalue weighted by Gasteiger charge is -2.31. The summed E-state index contributed by atoms with van der Waals surface area (Å²) >= 11 is 5.88. The van der Waals surface area contributed by atoms with Crippen molar-refractivity contribution >= 4 is 36.3 Å². The van der Waals surface area contributed by atoms with E-state index < -0.39 is 25.2 Å². The molecule has 0 N–H and O–H groups in total. The smallest absolute Gasteiger partial charge is 0.311 e. The van der Waals surface area contributed by atoms with Gasteiger partial charge in [-0.25, -0.2) is 0 Å². The Hall–Kier alpha value is 0.861. The molecule has 6 heteroatoms. The Balaban J connectivity index is 4.04. The number of hydrogen-bond acceptors (Lipinski definition) is 2. The summed E-state index contributed by atoms with van der Waals surface area (Å²) in [6.07, 6.45) is 0. The SMILES string of the molecule is C[SiH](Cl)O[Si](C)(C)O[Si](C)(C)C. The van der Waals surface area contributed by atoms with Gasteiger partial charge >= 0.3 is 8.56 Å². The second-order valence-corrected chi connectivity index (χ2v) is 16.0. The minimum atomic E-state index is -1.91. The summed E-state index contributed by atoms with van der Waals surface area (Å²) in [7, 11) is -4.82. The minimum Gasteiger partial charge on any atom is -0.437 e. The van der Waals surface area contributed by atoms with Crippen LogP contribution in [0.3, 0.4) is 0 Å². The van der Waals surface area contributed by atoms with E-state index in [2.05, 4.69) is 32.7 Å². The van der Waals surface area contributed by atoms with E-state index in [4.69, 9.17) is 19.3 Å². The van der Waals surface area contributed by atoms with Gasteiger partial charge in [0.05, 0.1) is 0 Å². The fourth-order valence-electron chi connectivity index (χ4n) is 1.15. The van der Waals surface area contributed by atoms with Crippen molar-refractivity contribution in [2.24, 2.45) is 0 Å². The Morgan fingerprint density at radius 1 is 1.08 bits per heavy atom. The van der Waals surface area contributed by atoms with Crippen LogP contribution in [0.2, 0.25) is 39.3 Å². The minimum absolute atomic E-state index is 1.45. The molecule has 0 aromatic rings. The zero-order valence-corrected chi connectivity index (χ0v) is 12.7. The molecular weight excluding hydrogens is 224 g/mol. The van der Waals surface area contributed by atoms with Crippen LogP contribution in [0.5, 0.6) is 0 Å². The number of hydrogen-bond donors (Lipinski definition) is 0. The van der Waals surface area contributed by atoms with Gasteiger partial charge in [0.1, 0.15) is 0 Å².